The van der Waals surface area contributed by atoms with Crippen molar-refractivity contribution in [2.75, 3.05) is 11.5 Å². The minimum atomic E-state index is -1.07. The number of benzene rings is 1. The molecule has 0 saturated carbocycles. The van der Waals surface area contributed by atoms with E-state index >= 15 is 0 Å². The maximum Gasteiger partial charge on any atom is 0.0803 e. The molecule has 1 aromatic rings. The number of nitrogens with two attached hydrogens (primary N) is 1. The fourth-order valence-electron chi connectivity index (χ4n) is 1.70. The maximum atomic E-state index is 12.1. The van der Waals surface area contributed by atoms with Gasteiger partial charge in [-0.1, -0.05) is 50.3 Å². The summed E-state index contributed by atoms with van der Waals surface area (Å²) in [4.78, 5) is 0.602. The van der Waals surface area contributed by atoms with Crippen molar-refractivity contribution in [2.45, 2.75) is 43.9 Å². The van der Waals surface area contributed by atoms with Crippen molar-refractivity contribution in [3.63, 3.8) is 0 Å². The van der Waals surface area contributed by atoms with Crippen LogP contribution in [-0.2, 0) is 10.8 Å². The molecule has 0 aliphatic rings. The van der Waals surface area contributed by atoms with Crippen LogP contribution in [0.25, 0.3) is 0 Å². The SMILES string of the molecule is CCCCCCCS(=O)c1c(N)cccc1Cl. The van der Waals surface area contributed by atoms with Gasteiger partial charge in [0.15, 0.2) is 0 Å². The Bertz CT molecular complexity index is 361. The Hall–Kier alpha value is -0.540. The van der Waals surface area contributed by atoms with E-state index in [0.29, 0.717) is 21.4 Å². The summed E-state index contributed by atoms with van der Waals surface area (Å²) in [6.07, 6.45) is 5.79. The highest BCUT2D eigenvalue weighted by atomic mass is 35.5. The van der Waals surface area contributed by atoms with Crippen LogP contribution in [-0.4, -0.2) is 9.96 Å². The first-order chi connectivity index (χ1) is 8.16. The number of halogens is 1. The molecule has 0 spiro atoms. The fraction of sp³-hybridized carbons (Fsp3) is 0.538. The predicted molar refractivity (Wildman–Crippen MR) is 75.9 cm³/mol. The monoisotopic (exact) mass is 273 g/mol. The molecule has 0 saturated heterocycles. The molecule has 2 N–H and O–H groups in total. The van der Waals surface area contributed by atoms with Gasteiger partial charge in [-0.3, -0.25) is 4.21 Å². The first-order valence-electron chi connectivity index (χ1n) is 6.09. The molecule has 0 heterocycles. The molecule has 0 fully saturated rings. The molecule has 1 aromatic carbocycles. The molecule has 0 aromatic heterocycles. The van der Waals surface area contributed by atoms with Crippen LogP contribution < -0.4 is 5.73 Å². The van der Waals surface area contributed by atoms with E-state index in [-0.39, 0.29) is 0 Å². The Morgan fingerprint density at radius 3 is 2.59 bits per heavy atom. The standard InChI is InChI=1S/C13H20ClNOS/c1-2-3-4-5-6-10-17(16)13-11(14)8-7-9-12(13)15/h7-9H,2-6,10,15H2,1H3. The molecular formula is C13H20ClNOS. The lowest BCUT2D eigenvalue weighted by molar-refractivity contribution is 0.648. The van der Waals surface area contributed by atoms with Crippen molar-refractivity contribution in [3.05, 3.63) is 23.2 Å². The number of rotatable bonds is 7. The highest BCUT2D eigenvalue weighted by Crippen LogP contribution is 2.26. The fourth-order valence-corrected chi connectivity index (χ4v) is 3.43. The summed E-state index contributed by atoms with van der Waals surface area (Å²) in [6.45, 7) is 2.18. The molecule has 0 aliphatic carbocycles. The van der Waals surface area contributed by atoms with E-state index in [2.05, 4.69) is 6.92 Å². The first-order valence-corrected chi connectivity index (χ1v) is 7.79. The van der Waals surface area contributed by atoms with Crippen molar-refractivity contribution in [1.82, 2.24) is 0 Å². The van der Waals surface area contributed by atoms with Gasteiger partial charge in [0.1, 0.15) is 0 Å². The zero-order valence-corrected chi connectivity index (χ0v) is 11.8. The van der Waals surface area contributed by atoms with E-state index in [1.165, 1.54) is 19.3 Å². The first kappa shape index (κ1) is 14.5. The normalized spacial score (nSPS) is 12.6. The number of unbranched alkanes of at least 4 members (excludes halogenated alkanes) is 4. The highest BCUT2D eigenvalue weighted by Gasteiger charge is 2.11. The smallest absolute Gasteiger partial charge is 0.0803 e. The maximum absolute atomic E-state index is 12.1. The van der Waals surface area contributed by atoms with E-state index in [0.717, 1.165) is 12.8 Å². The molecule has 96 valence electrons. The Labute approximate surface area is 111 Å². The molecule has 0 aliphatic heterocycles. The van der Waals surface area contributed by atoms with Gasteiger partial charge in [-0.2, -0.15) is 0 Å². The predicted octanol–water partition coefficient (Wildman–Crippen LogP) is 4.00. The zero-order valence-electron chi connectivity index (χ0n) is 10.2. The minimum Gasteiger partial charge on any atom is -0.398 e. The lowest BCUT2D eigenvalue weighted by Crippen LogP contribution is -2.03. The lowest BCUT2D eigenvalue weighted by atomic mass is 10.2. The summed E-state index contributed by atoms with van der Waals surface area (Å²) >= 11 is 6.01. The van der Waals surface area contributed by atoms with Gasteiger partial charge < -0.3 is 5.73 Å². The molecule has 1 rings (SSSR count). The van der Waals surface area contributed by atoms with Gasteiger partial charge in [0.2, 0.25) is 0 Å². The topological polar surface area (TPSA) is 43.1 Å². The van der Waals surface area contributed by atoms with E-state index in [9.17, 15) is 4.21 Å². The quantitative estimate of drug-likeness (QED) is 0.603. The van der Waals surface area contributed by atoms with Gasteiger partial charge in [-0.05, 0) is 18.6 Å². The largest absolute Gasteiger partial charge is 0.398 e. The van der Waals surface area contributed by atoms with Crippen LogP contribution in [0.5, 0.6) is 0 Å². The molecule has 1 unspecified atom stereocenters. The van der Waals surface area contributed by atoms with Crippen molar-refractivity contribution >= 4 is 28.1 Å². The van der Waals surface area contributed by atoms with Crippen molar-refractivity contribution in [2.24, 2.45) is 0 Å². The van der Waals surface area contributed by atoms with E-state index in [4.69, 9.17) is 17.3 Å². The molecule has 17 heavy (non-hydrogen) atoms. The molecule has 2 nitrogen and oxygen atoms in total. The summed E-state index contributed by atoms with van der Waals surface area (Å²) in [5.74, 6) is 0.650. The summed E-state index contributed by atoms with van der Waals surface area (Å²) in [5, 5.41) is 0.511. The summed E-state index contributed by atoms with van der Waals surface area (Å²) in [6, 6.07) is 5.26. The average molecular weight is 274 g/mol. The van der Waals surface area contributed by atoms with Gasteiger partial charge in [-0.25, -0.2) is 0 Å². The number of nitrogen functional groups attached to an aromatic ring is 1. The number of hydrogen-bond donors (Lipinski definition) is 1. The Morgan fingerprint density at radius 2 is 1.94 bits per heavy atom. The van der Waals surface area contributed by atoms with Crippen LogP contribution in [0.3, 0.4) is 0 Å². The van der Waals surface area contributed by atoms with E-state index < -0.39 is 10.8 Å². The molecule has 1 atom stereocenters. The van der Waals surface area contributed by atoms with Gasteiger partial charge in [0, 0.05) is 11.4 Å². The molecular weight excluding hydrogens is 254 g/mol. The van der Waals surface area contributed by atoms with Crippen LogP contribution in [0.2, 0.25) is 5.02 Å². The van der Waals surface area contributed by atoms with Gasteiger partial charge >= 0.3 is 0 Å². The third-order valence-electron chi connectivity index (χ3n) is 2.66. The van der Waals surface area contributed by atoms with Crippen molar-refractivity contribution in [1.29, 1.82) is 0 Å². The second-order valence-corrected chi connectivity index (χ2v) is 6.04. The lowest BCUT2D eigenvalue weighted by Gasteiger charge is -2.07. The Balaban J connectivity index is 2.47. The summed E-state index contributed by atoms with van der Waals surface area (Å²) < 4.78 is 12.1. The van der Waals surface area contributed by atoms with Crippen LogP contribution >= 0.6 is 11.6 Å². The van der Waals surface area contributed by atoms with Crippen molar-refractivity contribution in [3.8, 4) is 0 Å². The van der Waals surface area contributed by atoms with Crippen molar-refractivity contribution < 1.29 is 4.21 Å². The van der Waals surface area contributed by atoms with Crippen LogP contribution in [0.15, 0.2) is 23.1 Å². The summed E-state index contributed by atoms with van der Waals surface area (Å²) in [5.41, 5.74) is 6.33. The van der Waals surface area contributed by atoms with E-state index in [1.807, 2.05) is 0 Å². The second kappa shape index (κ2) is 7.72. The van der Waals surface area contributed by atoms with Gasteiger partial charge in [-0.15, -0.1) is 0 Å². The van der Waals surface area contributed by atoms with E-state index in [1.54, 1.807) is 18.2 Å². The van der Waals surface area contributed by atoms with Gasteiger partial charge in [0.25, 0.3) is 0 Å². The van der Waals surface area contributed by atoms with Crippen LogP contribution in [0.4, 0.5) is 5.69 Å². The average Bonchev–Trinajstić information content (AvgIpc) is 2.28. The number of hydrogen-bond acceptors (Lipinski definition) is 2. The Morgan fingerprint density at radius 1 is 1.24 bits per heavy atom. The highest BCUT2D eigenvalue weighted by molar-refractivity contribution is 7.85. The second-order valence-electron chi connectivity index (χ2n) is 4.12. The molecule has 0 bridgehead atoms. The third kappa shape index (κ3) is 4.68. The summed E-state index contributed by atoms with van der Waals surface area (Å²) in [7, 11) is -1.07. The van der Waals surface area contributed by atoms with Crippen LogP contribution in [0.1, 0.15) is 39.0 Å². The number of anilines is 1. The minimum absolute atomic E-state index is 0.511. The van der Waals surface area contributed by atoms with Gasteiger partial charge in [0.05, 0.1) is 20.7 Å². The zero-order chi connectivity index (χ0) is 12.7. The molecule has 0 amide bonds. The molecule has 0 radical (unpaired) electrons. The van der Waals surface area contributed by atoms with Crippen LogP contribution in [0, 0.1) is 0 Å². The molecule has 4 heteroatoms. The Kier molecular flexibility index (Phi) is 6.60. The third-order valence-corrected chi connectivity index (χ3v) is 4.66.